The second-order valence-corrected chi connectivity index (χ2v) is 3.47. The van der Waals surface area contributed by atoms with Crippen LogP contribution in [0.25, 0.3) is 0 Å². The summed E-state index contributed by atoms with van der Waals surface area (Å²) in [6.07, 6.45) is -0.270. The zero-order valence-electron chi connectivity index (χ0n) is 7.96. The topological polar surface area (TPSA) is 66.4 Å². The summed E-state index contributed by atoms with van der Waals surface area (Å²) in [6.45, 7) is 0. The van der Waals surface area contributed by atoms with Crippen molar-refractivity contribution in [3.8, 4) is 0 Å². The smallest absolute Gasteiger partial charge is 0.311 e. The number of carbonyl (C=O) groups excluding carboxylic acids is 1. The summed E-state index contributed by atoms with van der Waals surface area (Å²) >= 11 is 0. The Morgan fingerprint density at radius 1 is 1.44 bits per heavy atom. The molecule has 0 unspecified atom stereocenters. The molecule has 1 aromatic rings. The monoisotopic (exact) mass is 227 g/mol. The third-order valence-electron chi connectivity index (χ3n) is 2.45. The van der Waals surface area contributed by atoms with Gasteiger partial charge < -0.3 is 10.4 Å². The Labute approximate surface area is 88.9 Å². The highest BCUT2D eigenvalue weighted by Gasteiger charge is 2.33. The minimum Gasteiger partial charge on any atom is -0.481 e. The van der Waals surface area contributed by atoms with Gasteiger partial charge in [-0.2, -0.15) is 0 Å². The van der Waals surface area contributed by atoms with Crippen molar-refractivity contribution >= 4 is 17.6 Å². The van der Waals surface area contributed by atoms with E-state index in [2.05, 4.69) is 5.32 Å². The van der Waals surface area contributed by atoms with E-state index in [1.807, 2.05) is 0 Å². The maximum Gasteiger partial charge on any atom is 0.311 e. The lowest BCUT2D eigenvalue weighted by atomic mass is 9.90. The first-order valence-corrected chi connectivity index (χ1v) is 4.51. The van der Waals surface area contributed by atoms with Crippen LogP contribution in [0.15, 0.2) is 12.1 Å². The van der Waals surface area contributed by atoms with Gasteiger partial charge in [-0.1, -0.05) is 6.07 Å². The summed E-state index contributed by atoms with van der Waals surface area (Å²) in [6, 6.07) is 2.02. The number of amides is 1. The molecule has 2 N–H and O–H groups in total. The number of fused-ring (bicyclic) bond motifs is 1. The van der Waals surface area contributed by atoms with Crippen molar-refractivity contribution in [1.29, 1.82) is 0 Å². The first-order valence-electron chi connectivity index (χ1n) is 4.51. The summed E-state index contributed by atoms with van der Waals surface area (Å²) in [4.78, 5) is 22.0. The average Bonchev–Trinajstić information content (AvgIpc) is 2.23. The van der Waals surface area contributed by atoms with Crippen molar-refractivity contribution in [2.24, 2.45) is 0 Å². The van der Waals surface area contributed by atoms with Gasteiger partial charge in [0.05, 0.1) is 11.6 Å². The minimum atomic E-state index is -1.23. The number of aliphatic carboxylic acids is 1. The fourth-order valence-electron chi connectivity index (χ4n) is 1.69. The molecule has 1 atom stereocenters. The van der Waals surface area contributed by atoms with Gasteiger partial charge in [0.1, 0.15) is 0 Å². The second kappa shape index (κ2) is 3.55. The number of hydrogen-bond acceptors (Lipinski definition) is 2. The lowest BCUT2D eigenvalue weighted by Crippen LogP contribution is -2.28. The van der Waals surface area contributed by atoms with Crippen LogP contribution >= 0.6 is 0 Å². The van der Waals surface area contributed by atoms with Crippen LogP contribution in [0.2, 0.25) is 0 Å². The van der Waals surface area contributed by atoms with Gasteiger partial charge in [0, 0.05) is 6.42 Å². The molecule has 0 saturated carbocycles. The molecule has 1 amide bonds. The van der Waals surface area contributed by atoms with Crippen molar-refractivity contribution < 1.29 is 23.5 Å². The predicted molar refractivity (Wildman–Crippen MR) is 50.0 cm³/mol. The molecule has 1 aliphatic heterocycles. The van der Waals surface area contributed by atoms with Crippen LogP contribution in [0.5, 0.6) is 0 Å². The molecule has 0 radical (unpaired) electrons. The van der Waals surface area contributed by atoms with Crippen molar-refractivity contribution in [3.05, 3.63) is 29.3 Å². The molecule has 6 heteroatoms. The van der Waals surface area contributed by atoms with Crippen molar-refractivity contribution in [2.45, 2.75) is 12.3 Å². The van der Waals surface area contributed by atoms with E-state index in [0.29, 0.717) is 0 Å². The lowest BCUT2D eigenvalue weighted by molar-refractivity contribution is -0.140. The average molecular weight is 227 g/mol. The molecule has 0 saturated heterocycles. The molecule has 1 aliphatic rings. The van der Waals surface area contributed by atoms with Gasteiger partial charge >= 0.3 is 5.97 Å². The highest BCUT2D eigenvalue weighted by atomic mass is 19.2. The normalized spacial score (nSPS) is 18.9. The lowest BCUT2D eigenvalue weighted by Gasteiger charge is -2.22. The van der Waals surface area contributed by atoms with Crippen LogP contribution in [0.1, 0.15) is 17.9 Å². The Morgan fingerprint density at radius 3 is 2.75 bits per heavy atom. The molecule has 4 nitrogen and oxygen atoms in total. The quantitative estimate of drug-likeness (QED) is 0.763. The zero-order valence-corrected chi connectivity index (χ0v) is 7.96. The van der Waals surface area contributed by atoms with E-state index in [0.717, 1.165) is 6.07 Å². The van der Waals surface area contributed by atoms with Crippen molar-refractivity contribution in [1.82, 2.24) is 0 Å². The number of carboxylic acid groups (broad SMARTS) is 1. The van der Waals surface area contributed by atoms with Crippen LogP contribution in [-0.2, 0) is 9.59 Å². The number of carboxylic acids is 1. The first kappa shape index (κ1) is 10.5. The minimum absolute atomic E-state index is 0.0889. The standard InChI is InChI=1S/C10H7F2NO3/c11-6-2-1-4-5(10(15)16)3-7(14)13-9(4)8(6)12/h1-2,5H,3H2,(H,13,14)(H,15,16)/t5-/m1/s1. The molecule has 1 aromatic carbocycles. The van der Waals surface area contributed by atoms with E-state index >= 15 is 0 Å². The fourth-order valence-corrected chi connectivity index (χ4v) is 1.69. The van der Waals surface area contributed by atoms with E-state index in [9.17, 15) is 18.4 Å². The van der Waals surface area contributed by atoms with Crippen LogP contribution in [0, 0.1) is 11.6 Å². The van der Waals surface area contributed by atoms with Gasteiger partial charge in [-0.25, -0.2) is 8.78 Å². The number of rotatable bonds is 1. The van der Waals surface area contributed by atoms with Gasteiger partial charge in [-0.15, -0.1) is 0 Å². The van der Waals surface area contributed by atoms with E-state index in [1.165, 1.54) is 6.07 Å². The van der Waals surface area contributed by atoms with E-state index < -0.39 is 29.4 Å². The molecule has 2 rings (SSSR count). The Balaban J connectivity index is 2.60. The fraction of sp³-hybridized carbons (Fsp3) is 0.200. The van der Waals surface area contributed by atoms with Crippen LogP contribution < -0.4 is 5.32 Å². The highest BCUT2D eigenvalue weighted by molar-refractivity contribution is 5.99. The molecule has 0 spiro atoms. The summed E-state index contributed by atoms with van der Waals surface area (Å²) in [7, 11) is 0. The number of anilines is 1. The van der Waals surface area contributed by atoms with Crippen LogP contribution in [0.4, 0.5) is 14.5 Å². The van der Waals surface area contributed by atoms with Gasteiger partial charge in [0.25, 0.3) is 0 Å². The van der Waals surface area contributed by atoms with E-state index in [1.54, 1.807) is 0 Å². The Hall–Kier alpha value is -1.98. The summed E-state index contributed by atoms with van der Waals surface area (Å²) in [5, 5.41) is 11.0. The summed E-state index contributed by atoms with van der Waals surface area (Å²) in [5.41, 5.74) is -0.283. The number of carbonyl (C=O) groups is 2. The molecule has 0 aliphatic carbocycles. The molecular weight excluding hydrogens is 220 g/mol. The molecule has 84 valence electrons. The summed E-state index contributed by atoms with van der Waals surface area (Å²) < 4.78 is 26.2. The van der Waals surface area contributed by atoms with E-state index in [-0.39, 0.29) is 17.7 Å². The van der Waals surface area contributed by atoms with Gasteiger partial charge in [0.15, 0.2) is 11.6 Å². The predicted octanol–water partition coefficient (Wildman–Crippen LogP) is 1.48. The Bertz CT molecular complexity index is 487. The molecule has 16 heavy (non-hydrogen) atoms. The molecule has 1 heterocycles. The third-order valence-corrected chi connectivity index (χ3v) is 2.45. The third kappa shape index (κ3) is 1.52. The molecule has 0 fully saturated rings. The Morgan fingerprint density at radius 2 is 2.12 bits per heavy atom. The first-order chi connectivity index (χ1) is 7.50. The van der Waals surface area contributed by atoms with Gasteiger partial charge in [0.2, 0.25) is 5.91 Å². The SMILES string of the molecule is O=C1C[C@@H](C(=O)O)c2ccc(F)c(F)c2N1. The molecule has 0 aromatic heterocycles. The molecule has 0 bridgehead atoms. The largest absolute Gasteiger partial charge is 0.481 e. The summed E-state index contributed by atoms with van der Waals surface area (Å²) in [5.74, 6) is -5.34. The highest BCUT2D eigenvalue weighted by Crippen LogP contribution is 2.35. The van der Waals surface area contributed by atoms with Crippen molar-refractivity contribution in [3.63, 3.8) is 0 Å². The number of hydrogen-bond donors (Lipinski definition) is 2. The number of halogens is 2. The zero-order chi connectivity index (χ0) is 11.9. The number of benzene rings is 1. The van der Waals surface area contributed by atoms with Crippen molar-refractivity contribution in [2.75, 3.05) is 5.32 Å². The van der Waals surface area contributed by atoms with Gasteiger partial charge in [-0.3, -0.25) is 9.59 Å². The molecular formula is C10H7F2NO3. The van der Waals surface area contributed by atoms with E-state index in [4.69, 9.17) is 5.11 Å². The second-order valence-electron chi connectivity index (χ2n) is 3.47. The van der Waals surface area contributed by atoms with Crippen LogP contribution in [0.3, 0.4) is 0 Å². The van der Waals surface area contributed by atoms with Gasteiger partial charge in [-0.05, 0) is 11.6 Å². The Kier molecular flexibility index (Phi) is 2.34. The van der Waals surface area contributed by atoms with Crippen LogP contribution in [-0.4, -0.2) is 17.0 Å². The maximum atomic E-state index is 13.3. The number of nitrogens with one attached hydrogen (secondary N) is 1. The maximum absolute atomic E-state index is 13.3.